The summed E-state index contributed by atoms with van der Waals surface area (Å²) in [6, 6.07) is 13.5. The van der Waals surface area contributed by atoms with Crippen LogP contribution in [0.4, 0.5) is 0 Å². The van der Waals surface area contributed by atoms with Crippen molar-refractivity contribution in [1.29, 1.82) is 0 Å². The topological polar surface area (TPSA) is 69.6 Å². The molecule has 0 amide bonds. The van der Waals surface area contributed by atoms with E-state index in [4.69, 9.17) is 16.1 Å². The van der Waals surface area contributed by atoms with Gasteiger partial charge >= 0.3 is 0 Å². The lowest BCUT2D eigenvalue weighted by Crippen LogP contribution is -1.98. The lowest BCUT2D eigenvalue weighted by atomic mass is 10.1. The molecule has 124 valence electrons. The van der Waals surface area contributed by atoms with Gasteiger partial charge in [-0.2, -0.15) is 10.1 Å². The van der Waals surface area contributed by atoms with Crippen LogP contribution >= 0.6 is 11.6 Å². The Bertz CT molecular complexity index is 1020. The molecule has 6 nitrogen and oxygen atoms in total. The van der Waals surface area contributed by atoms with Crippen molar-refractivity contribution in [2.75, 3.05) is 0 Å². The zero-order valence-corrected chi connectivity index (χ0v) is 14.2. The Labute approximate surface area is 149 Å². The molecule has 0 saturated carbocycles. The second kappa shape index (κ2) is 6.49. The van der Waals surface area contributed by atoms with Crippen LogP contribution in [-0.2, 0) is 6.54 Å². The third-order valence-electron chi connectivity index (χ3n) is 3.85. The van der Waals surface area contributed by atoms with Gasteiger partial charge in [-0.3, -0.25) is 4.68 Å². The van der Waals surface area contributed by atoms with E-state index >= 15 is 0 Å². The number of pyridine rings is 1. The molecular weight excluding hydrogens is 338 g/mol. The number of hydrogen-bond donors (Lipinski definition) is 0. The van der Waals surface area contributed by atoms with Gasteiger partial charge in [0.25, 0.3) is 5.89 Å². The SMILES string of the molecule is CCn1nccc1-c1cccc(-c2noc(-c3cccnc3Cl)n2)c1. The average molecular weight is 352 g/mol. The predicted octanol–water partition coefficient (Wildman–Crippen LogP) is 4.34. The molecule has 0 radical (unpaired) electrons. The Balaban J connectivity index is 1.72. The molecular formula is C18H14ClN5O. The molecule has 0 fully saturated rings. The lowest BCUT2D eigenvalue weighted by molar-refractivity contribution is 0.432. The van der Waals surface area contributed by atoms with Gasteiger partial charge in [0.05, 0.1) is 11.3 Å². The van der Waals surface area contributed by atoms with Gasteiger partial charge < -0.3 is 4.52 Å². The van der Waals surface area contributed by atoms with Crippen molar-refractivity contribution in [2.24, 2.45) is 0 Å². The largest absolute Gasteiger partial charge is 0.333 e. The van der Waals surface area contributed by atoms with E-state index in [-0.39, 0.29) is 0 Å². The summed E-state index contributed by atoms with van der Waals surface area (Å²) in [7, 11) is 0. The highest BCUT2D eigenvalue weighted by Gasteiger charge is 2.14. The molecule has 1 aromatic carbocycles. The second-order valence-electron chi connectivity index (χ2n) is 5.38. The van der Waals surface area contributed by atoms with Gasteiger partial charge in [-0.15, -0.1) is 0 Å². The smallest absolute Gasteiger partial charge is 0.261 e. The zero-order valence-electron chi connectivity index (χ0n) is 13.4. The van der Waals surface area contributed by atoms with Crippen molar-refractivity contribution in [3.63, 3.8) is 0 Å². The highest BCUT2D eigenvalue weighted by molar-refractivity contribution is 6.31. The standard InChI is InChI=1S/C18H14ClN5O/c1-2-24-15(8-10-21-24)12-5-3-6-13(11-12)17-22-18(25-23-17)14-7-4-9-20-16(14)19/h3-11H,2H2,1H3. The van der Waals surface area contributed by atoms with Crippen LogP contribution in [0.15, 0.2) is 59.4 Å². The average Bonchev–Trinajstić information content (AvgIpc) is 3.31. The van der Waals surface area contributed by atoms with Gasteiger partial charge in [-0.25, -0.2) is 4.98 Å². The summed E-state index contributed by atoms with van der Waals surface area (Å²) in [6.07, 6.45) is 3.41. The molecule has 7 heteroatoms. The van der Waals surface area contributed by atoms with E-state index in [2.05, 4.69) is 27.1 Å². The summed E-state index contributed by atoms with van der Waals surface area (Å²) in [6.45, 7) is 2.86. The van der Waals surface area contributed by atoms with E-state index in [0.717, 1.165) is 23.4 Å². The van der Waals surface area contributed by atoms with E-state index < -0.39 is 0 Å². The zero-order chi connectivity index (χ0) is 17.2. The second-order valence-corrected chi connectivity index (χ2v) is 5.74. The highest BCUT2D eigenvalue weighted by Crippen LogP contribution is 2.28. The van der Waals surface area contributed by atoms with Crippen LogP contribution < -0.4 is 0 Å². The molecule has 4 aromatic rings. The Kier molecular flexibility index (Phi) is 4.03. The van der Waals surface area contributed by atoms with Crippen LogP contribution in [0.1, 0.15) is 6.92 Å². The van der Waals surface area contributed by atoms with Gasteiger partial charge in [-0.1, -0.05) is 35.0 Å². The number of benzene rings is 1. The minimum absolute atomic E-state index is 0.332. The van der Waals surface area contributed by atoms with Crippen molar-refractivity contribution in [3.05, 3.63) is 60.0 Å². The summed E-state index contributed by atoms with van der Waals surface area (Å²) >= 11 is 6.09. The van der Waals surface area contributed by atoms with Crippen molar-refractivity contribution >= 4 is 11.6 Å². The fourth-order valence-electron chi connectivity index (χ4n) is 2.64. The first-order valence-corrected chi connectivity index (χ1v) is 8.21. The van der Waals surface area contributed by atoms with Gasteiger partial charge in [0.15, 0.2) is 0 Å². The van der Waals surface area contributed by atoms with Crippen LogP contribution in [0.5, 0.6) is 0 Å². The third-order valence-corrected chi connectivity index (χ3v) is 4.15. The van der Waals surface area contributed by atoms with Crippen molar-refractivity contribution in [2.45, 2.75) is 13.5 Å². The van der Waals surface area contributed by atoms with E-state index in [1.807, 2.05) is 35.0 Å². The number of halogens is 1. The highest BCUT2D eigenvalue weighted by atomic mass is 35.5. The van der Waals surface area contributed by atoms with E-state index in [9.17, 15) is 0 Å². The van der Waals surface area contributed by atoms with E-state index in [1.165, 1.54) is 0 Å². The Morgan fingerprint density at radius 1 is 1.08 bits per heavy atom. The number of hydrogen-bond acceptors (Lipinski definition) is 5. The maximum Gasteiger partial charge on any atom is 0.261 e. The molecule has 0 aliphatic heterocycles. The van der Waals surface area contributed by atoms with Crippen molar-refractivity contribution in [1.82, 2.24) is 24.9 Å². The van der Waals surface area contributed by atoms with Crippen LogP contribution in [0, 0.1) is 0 Å². The molecule has 4 rings (SSSR count). The molecule has 0 saturated heterocycles. The van der Waals surface area contributed by atoms with E-state index in [0.29, 0.717) is 22.4 Å². The van der Waals surface area contributed by atoms with Crippen molar-refractivity contribution in [3.8, 4) is 34.1 Å². The molecule has 0 aliphatic carbocycles. The predicted molar refractivity (Wildman–Crippen MR) is 94.9 cm³/mol. The first-order chi connectivity index (χ1) is 12.3. The van der Waals surface area contributed by atoms with Crippen LogP contribution in [0.25, 0.3) is 34.1 Å². The van der Waals surface area contributed by atoms with Crippen LogP contribution in [-0.4, -0.2) is 24.9 Å². The molecule has 3 heterocycles. The maximum atomic E-state index is 6.09. The molecule has 3 aromatic heterocycles. The van der Waals surface area contributed by atoms with Gasteiger partial charge in [0.1, 0.15) is 5.15 Å². The van der Waals surface area contributed by atoms with Crippen LogP contribution in [0.2, 0.25) is 5.15 Å². The Morgan fingerprint density at radius 2 is 1.96 bits per heavy atom. The summed E-state index contributed by atoms with van der Waals surface area (Å²) < 4.78 is 7.30. The number of aryl methyl sites for hydroxylation is 1. The van der Waals surface area contributed by atoms with Crippen molar-refractivity contribution < 1.29 is 4.52 Å². The monoisotopic (exact) mass is 351 g/mol. The first-order valence-electron chi connectivity index (χ1n) is 7.83. The summed E-state index contributed by atoms with van der Waals surface area (Å²) in [5.41, 5.74) is 3.56. The third kappa shape index (κ3) is 2.92. The summed E-state index contributed by atoms with van der Waals surface area (Å²) in [5, 5.41) is 8.72. The first kappa shape index (κ1) is 15.5. The molecule has 0 bridgehead atoms. The summed E-state index contributed by atoms with van der Waals surface area (Å²) in [4.78, 5) is 8.48. The minimum atomic E-state index is 0.332. The van der Waals surface area contributed by atoms with Gasteiger partial charge in [0.2, 0.25) is 5.82 Å². The van der Waals surface area contributed by atoms with Gasteiger partial charge in [0, 0.05) is 30.1 Å². The minimum Gasteiger partial charge on any atom is -0.333 e. The van der Waals surface area contributed by atoms with Gasteiger partial charge in [-0.05, 0) is 31.2 Å². The quantitative estimate of drug-likeness (QED) is 0.512. The van der Waals surface area contributed by atoms with Crippen LogP contribution in [0.3, 0.4) is 0 Å². The Hall–Kier alpha value is -2.99. The molecule has 0 unspecified atom stereocenters. The molecule has 0 N–H and O–H groups in total. The fourth-order valence-corrected chi connectivity index (χ4v) is 2.84. The molecule has 0 atom stereocenters. The lowest BCUT2D eigenvalue weighted by Gasteiger charge is -2.05. The maximum absolute atomic E-state index is 6.09. The fraction of sp³-hybridized carbons (Fsp3) is 0.111. The molecule has 25 heavy (non-hydrogen) atoms. The normalized spacial score (nSPS) is 11.0. The summed E-state index contributed by atoms with van der Waals surface area (Å²) in [5.74, 6) is 0.844. The Morgan fingerprint density at radius 3 is 2.80 bits per heavy atom. The molecule has 0 spiro atoms. The number of aromatic nitrogens is 5. The number of rotatable bonds is 4. The van der Waals surface area contributed by atoms with E-state index in [1.54, 1.807) is 24.5 Å². The molecule has 0 aliphatic rings. The number of nitrogens with zero attached hydrogens (tertiary/aromatic N) is 5.